The van der Waals surface area contributed by atoms with Crippen molar-refractivity contribution in [3.63, 3.8) is 0 Å². The lowest BCUT2D eigenvalue weighted by Crippen LogP contribution is -2.39. The van der Waals surface area contributed by atoms with Gasteiger partial charge in [0.1, 0.15) is 5.82 Å². The molecule has 1 amide bonds. The average Bonchev–Trinajstić information content (AvgIpc) is 2.47. The molecule has 0 atom stereocenters. The number of carbonyl (C=O) groups is 1. The zero-order valence-corrected chi connectivity index (χ0v) is 13.2. The Morgan fingerprint density at radius 3 is 2.80 bits per heavy atom. The van der Waals surface area contributed by atoms with Gasteiger partial charge in [0.05, 0.1) is 5.56 Å². The molecule has 1 aliphatic rings. The fourth-order valence-electron chi connectivity index (χ4n) is 2.60. The zero-order chi connectivity index (χ0) is 14.5. The number of likely N-dealkylation sites (tertiary alicyclic amines) is 1. The molecule has 3 nitrogen and oxygen atoms in total. The molecule has 20 heavy (non-hydrogen) atoms. The molecule has 1 fully saturated rings. The van der Waals surface area contributed by atoms with E-state index in [0.717, 1.165) is 38.9 Å². The summed E-state index contributed by atoms with van der Waals surface area (Å²) in [6.07, 6.45) is 3.21. The third kappa shape index (κ3) is 3.79. The number of amides is 1. The summed E-state index contributed by atoms with van der Waals surface area (Å²) in [4.78, 5) is 14.2. The summed E-state index contributed by atoms with van der Waals surface area (Å²) < 4.78 is 13.9. The summed E-state index contributed by atoms with van der Waals surface area (Å²) in [5, 5.41) is 3.16. The first kappa shape index (κ1) is 15.4. The van der Waals surface area contributed by atoms with Gasteiger partial charge in [-0.2, -0.15) is 0 Å². The van der Waals surface area contributed by atoms with Crippen molar-refractivity contribution in [3.05, 3.63) is 34.1 Å². The third-order valence-electron chi connectivity index (χ3n) is 3.86. The van der Waals surface area contributed by atoms with Crippen molar-refractivity contribution in [1.82, 2.24) is 10.2 Å². The van der Waals surface area contributed by atoms with Gasteiger partial charge in [-0.05, 0) is 72.9 Å². The van der Waals surface area contributed by atoms with Gasteiger partial charge in [0.15, 0.2) is 0 Å². The van der Waals surface area contributed by atoms with Crippen LogP contribution in [-0.2, 0) is 0 Å². The Kier molecular flexibility index (Phi) is 5.54. The van der Waals surface area contributed by atoms with Gasteiger partial charge in [-0.3, -0.25) is 4.79 Å². The molecule has 0 bridgehead atoms. The van der Waals surface area contributed by atoms with E-state index in [2.05, 4.69) is 21.2 Å². The van der Waals surface area contributed by atoms with Crippen molar-refractivity contribution >= 4 is 21.8 Å². The maximum absolute atomic E-state index is 13.3. The molecule has 1 aromatic carbocycles. The van der Waals surface area contributed by atoms with Crippen molar-refractivity contribution < 1.29 is 9.18 Å². The van der Waals surface area contributed by atoms with E-state index in [1.165, 1.54) is 12.1 Å². The Labute approximate surface area is 127 Å². The highest BCUT2D eigenvalue weighted by Gasteiger charge is 2.24. The summed E-state index contributed by atoms with van der Waals surface area (Å²) in [7, 11) is 1.96. The van der Waals surface area contributed by atoms with E-state index in [-0.39, 0.29) is 11.7 Å². The number of piperidine rings is 1. The summed E-state index contributed by atoms with van der Waals surface area (Å²) in [5.74, 6) is 0.228. The molecule has 0 saturated carbocycles. The van der Waals surface area contributed by atoms with Crippen LogP contribution in [0.4, 0.5) is 4.39 Å². The van der Waals surface area contributed by atoms with Gasteiger partial charge in [0, 0.05) is 17.6 Å². The molecule has 0 aromatic heterocycles. The molecule has 2 rings (SSSR count). The molecule has 1 aliphatic heterocycles. The van der Waals surface area contributed by atoms with Crippen LogP contribution in [-0.4, -0.2) is 37.5 Å². The molecule has 0 unspecified atom stereocenters. The lowest BCUT2D eigenvalue weighted by Gasteiger charge is -2.32. The van der Waals surface area contributed by atoms with Gasteiger partial charge < -0.3 is 10.2 Å². The second kappa shape index (κ2) is 7.18. The van der Waals surface area contributed by atoms with Gasteiger partial charge in [-0.25, -0.2) is 4.39 Å². The van der Waals surface area contributed by atoms with E-state index in [9.17, 15) is 9.18 Å². The Hall–Kier alpha value is -0.940. The SMILES string of the molecule is CNCCC1CCN(C(=O)c2cc(F)ccc2Br)CC1. The van der Waals surface area contributed by atoms with Crippen molar-refractivity contribution in [2.24, 2.45) is 5.92 Å². The maximum atomic E-state index is 13.3. The minimum atomic E-state index is -0.375. The predicted octanol–water partition coefficient (Wildman–Crippen LogP) is 3.05. The first-order chi connectivity index (χ1) is 9.61. The quantitative estimate of drug-likeness (QED) is 0.911. The topological polar surface area (TPSA) is 32.3 Å². The minimum absolute atomic E-state index is 0.0801. The van der Waals surface area contributed by atoms with Crippen LogP contribution >= 0.6 is 15.9 Å². The Bertz CT molecular complexity index is 473. The Morgan fingerprint density at radius 1 is 1.45 bits per heavy atom. The third-order valence-corrected chi connectivity index (χ3v) is 4.55. The monoisotopic (exact) mass is 342 g/mol. The van der Waals surface area contributed by atoms with Crippen molar-refractivity contribution in [2.75, 3.05) is 26.7 Å². The fraction of sp³-hybridized carbons (Fsp3) is 0.533. The largest absolute Gasteiger partial charge is 0.339 e. The molecule has 1 saturated heterocycles. The lowest BCUT2D eigenvalue weighted by atomic mass is 9.93. The highest BCUT2D eigenvalue weighted by atomic mass is 79.9. The van der Waals surface area contributed by atoms with E-state index >= 15 is 0 Å². The lowest BCUT2D eigenvalue weighted by molar-refractivity contribution is 0.0685. The van der Waals surface area contributed by atoms with E-state index in [0.29, 0.717) is 16.0 Å². The van der Waals surface area contributed by atoms with Crippen LogP contribution in [0.15, 0.2) is 22.7 Å². The number of benzene rings is 1. The van der Waals surface area contributed by atoms with E-state index in [1.54, 1.807) is 6.07 Å². The van der Waals surface area contributed by atoms with Crippen molar-refractivity contribution in [2.45, 2.75) is 19.3 Å². The summed E-state index contributed by atoms with van der Waals surface area (Å²) in [6.45, 7) is 2.54. The molecule has 1 N–H and O–H groups in total. The zero-order valence-electron chi connectivity index (χ0n) is 11.7. The van der Waals surface area contributed by atoms with Gasteiger partial charge in [-0.1, -0.05) is 0 Å². The van der Waals surface area contributed by atoms with Crippen LogP contribution in [0.1, 0.15) is 29.6 Å². The highest BCUT2D eigenvalue weighted by Crippen LogP contribution is 2.24. The average molecular weight is 343 g/mol. The van der Waals surface area contributed by atoms with Gasteiger partial charge >= 0.3 is 0 Å². The molecule has 1 aromatic rings. The van der Waals surface area contributed by atoms with Gasteiger partial charge in [-0.15, -0.1) is 0 Å². The molecular weight excluding hydrogens is 323 g/mol. The van der Waals surface area contributed by atoms with E-state index in [4.69, 9.17) is 0 Å². The van der Waals surface area contributed by atoms with Crippen molar-refractivity contribution in [3.8, 4) is 0 Å². The first-order valence-corrected chi connectivity index (χ1v) is 7.80. The summed E-state index contributed by atoms with van der Waals surface area (Å²) in [5.41, 5.74) is 0.415. The van der Waals surface area contributed by atoms with E-state index in [1.807, 2.05) is 11.9 Å². The maximum Gasteiger partial charge on any atom is 0.255 e. The molecule has 1 heterocycles. The molecule has 0 aliphatic carbocycles. The number of rotatable bonds is 4. The number of hydrogen-bond donors (Lipinski definition) is 1. The molecule has 5 heteroatoms. The van der Waals surface area contributed by atoms with Gasteiger partial charge in [0.25, 0.3) is 5.91 Å². The van der Waals surface area contributed by atoms with E-state index < -0.39 is 0 Å². The number of carbonyl (C=O) groups excluding carboxylic acids is 1. The Morgan fingerprint density at radius 2 is 2.15 bits per heavy atom. The fourth-order valence-corrected chi connectivity index (χ4v) is 3.02. The number of hydrogen-bond acceptors (Lipinski definition) is 2. The minimum Gasteiger partial charge on any atom is -0.339 e. The number of halogens is 2. The molecule has 0 spiro atoms. The summed E-state index contributed by atoms with van der Waals surface area (Å²) >= 11 is 3.32. The highest BCUT2D eigenvalue weighted by molar-refractivity contribution is 9.10. The number of nitrogens with zero attached hydrogens (tertiary/aromatic N) is 1. The van der Waals surface area contributed by atoms with Crippen LogP contribution in [0.5, 0.6) is 0 Å². The van der Waals surface area contributed by atoms with Crippen molar-refractivity contribution in [1.29, 1.82) is 0 Å². The van der Waals surface area contributed by atoms with Crippen LogP contribution in [0.25, 0.3) is 0 Å². The molecular formula is C15H20BrFN2O. The van der Waals surface area contributed by atoms with Crippen LogP contribution in [0.2, 0.25) is 0 Å². The second-order valence-corrected chi connectivity index (χ2v) is 6.11. The first-order valence-electron chi connectivity index (χ1n) is 7.00. The van der Waals surface area contributed by atoms with Gasteiger partial charge in [0.2, 0.25) is 0 Å². The summed E-state index contributed by atoms with van der Waals surface area (Å²) in [6, 6.07) is 4.24. The van der Waals surface area contributed by atoms with Crippen LogP contribution in [0, 0.1) is 11.7 Å². The standard InChI is InChI=1S/C15H20BrFN2O/c1-18-7-4-11-5-8-19(9-6-11)15(20)13-10-12(17)2-3-14(13)16/h2-3,10-11,18H,4-9H2,1H3. The molecule has 0 radical (unpaired) electrons. The van der Waals surface area contributed by atoms with Crippen LogP contribution in [0.3, 0.4) is 0 Å². The Balaban J connectivity index is 1.96. The molecule has 110 valence electrons. The number of nitrogens with one attached hydrogen (secondary N) is 1. The van der Waals surface area contributed by atoms with Crippen LogP contribution < -0.4 is 5.32 Å². The smallest absolute Gasteiger partial charge is 0.255 e. The normalized spacial score (nSPS) is 16.4. The second-order valence-electron chi connectivity index (χ2n) is 5.25. The predicted molar refractivity (Wildman–Crippen MR) is 81.3 cm³/mol.